The van der Waals surface area contributed by atoms with Crippen LogP contribution in [0.15, 0.2) is 24.7 Å². The monoisotopic (exact) mass is 256 g/mol. The summed E-state index contributed by atoms with van der Waals surface area (Å²) in [7, 11) is 0. The molecule has 2 aromatic heterocycles. The first-order chi connectivity index (χ1) is 9.22. The SMILES string of the molecule is Cc1ccnc(NC(=O)C2CCc3nc[nH]c3C2)c1. The molecule has 2 heterocycles. The Morgan fingerprint density at radius 3 is 3.21 bits per heavy atom. The van der Waals surface area contributed by atoms with Crippen LogP contribution in [0.5, 0.6) is 0 Å². The van der Waals surface area contributed by atoms with Crippen LogP contribution in [0.2, 0.25) is 0 Å². The summed E-state index contributed by atoms with van der Waals surface area (Å²) in [6.45, 7) is 1.98. The number of carbonyl (C=O) groups excluding carboxylic acids is 1. The van der Waals surface area contributed by atoms with Crippen LogP contribution >= 0.6 is 0 Å². The fourth-order valence-electron chi connectivity index (χ4n) is 2.46. The average molecular weight is 256 g/mol. The largest absolute Gasteiger partial charge is 0.348 e. The van der Waals surface area contributed by atoms with Crippen LogP contribution in [0, 0.1) is 12.8 Å². The number of hydrogen-bond donors (Lipinski definition) is 2. The zero-order valence-corrected chi connectivity index (χ0v) is 10.8. The van der Waals surface area contributed by atoms with Crippen molar-refractivity contribution in [3.05, 3.63) is 41.6 Å². The molecule has 1 unspecified atom stereocenters. The molecule has 1 aliphatic carbocycles. The molecule has 0 fully saturated rings. The first-order valence-electron chi connectivity index (χ1n) is 6.47. The maximum atomic E-state index is 12.2. The van der Waals surface area contributed by atoms with E-state index in [0.29, 0.717) is 5.82 Å². The van der Waals surface area contributed by atoms with E-state index in [4.69, 9.17) is 0 Å². The van der Waals surface area contributed by atoms with E-state index in [1.165, 1.54) is 0 Å². The Morgan fingerprint density at radius 1 is 1.47 bits per heavy atom. The minimum Gasteiger partial charge on any atom is -0.348 e. The van der Waals surface area contributed by atoms with E-state index in [0.717, 1.165) is 36.2 Å². The summed E-state index contributed by atoms with van der Waals surface area (Å²) in [5.41, 5.74) is 3.27. The van der Waals surface area contributed by atoms with E-state index < -0.39 is 0 Å². The van der Waals surface area contributed by atoms with E-state index in [-0.39, 0.29) is 11.8 Å². The van der Waals surface area contributed by atoms with Gasteiger partial charge in [-0.25, -0.2) is 9.97 Å². The Hall–Kier alpha value is -2.17. The number of aryl methyl sites for hydroxylation is 2. The summed E-state index contributed by atoms with van der Waals surface area (Å²) in [6.07, 6.45) is 5.84. The summed E-state index contributed by atoms with van der Waals surface area (Å²) in [5.74, 6) is 0.661. The maximum Gasteiger partial charge on any atom is 0.229 e. The van der Waals surface area contributed by atoms with Crippen molar-refractivity contribution in [3.8, 4) is 0 Å². The van der Waals surface area contributed by atoms with Gasteiger partial charge in [-0.2, -0.15) is 0 Å². The molecule has 3 rings (SSSR count). The molecule has 0 aromatic carbocycles. The molecule has 1 aliphatic rings. The number of amides is 1. The molecule has 5 nitrogen and oxygen atoms in total. The van der Waals surface area contributed by atoms with Crippen LogP contribution in [0.1, 0.15) is 23.4 Å². The van der Waals surface area contributed by atoms with Gasteiger partial charge in [0.15, 0.2) is 0 Å². The molecule has 1 amide bonds. The number of H-pyrrole nitrogens is 1. The van der Waals surface area contributed by atoms with Gasteiger partial charge in [-0.15, -0.1) is 0 Å². The number of aromatic amines is 1. The first kappa shape index (κ1) is 11.9. The Bertz CT molecular complexity index is 605. The van der Waals surface area contributed by atoms with Gasteiger partial charge < -0.3 is 10.3 Å². The van der Waals surface area contributed by atoms with Crippen LogP contribution < -0.4 is 5.32 Å². The van der Waals surface area contributed by atoms with Gasteiger partial charge in [-0.1, -0.05) is 0 Å². The van der Waals surface area contributed by atoms with E-state index >= 15 is 0 Å². The molecule has 0 bridgehead atoms. The number of carbonyl (C=O) groups is 1. The highest BCUT2D eigenvalue weighted by molar-refractivity contribution is 5.92. The minimum absolute atomic E-state index is 0.00439. The normalized spacial score (nSPS) is 17.8. The van der Waals surface area contributed by atoms with Crippen molar-refractivity contribution in [2.75, 3.05) is 5.32 Å². The molecular formula is C14H16N4O. The van der Waals surface area contributed by atoms with Crippen molar-refractivity contribution < 1.29 is 4.79 Å². The number of fused-ring (bicyclic) bond motifs is 1. The Kier molecular flexibility index (Phi) is 3.03. The van der Waals surface area contributed by atoms with Crippen LogP contribution in [0.25, 0.3) is 0 Å². The highest BCUT2D eigenvalue weighted by Gasteiger charge is 2.26. The van der Waals surface area contributed by atoms with Crippen LogP contribution in [-0.2, 0) is 17.6 Å². The number of pyridine rings is 1. The topological polar surface area (TPSA) is 70.7 Å². The van der Waals surface area contributed by atoms with Gasteiger partial charge >= 0.3 is 0 Å². The highest BCUT2D eigenvalue weighted by atomic mass is 16.1. The van der Waals surface area contributed by atoms with E-state index in [2.05, 4.69) is 20.3 Å². The van der Waals surface area contributed by atoms with Gasteiger partial charge in [0.05, 0.1) is 12.0 Å². The van der Waals surface area contributed by atoms with E-state index in [1.807, 2.05) is 19.1 Å². The molecule has 19 heavy (non-hydrogen) atoms. The minimum atomic E-state index is -0.00439. The van der Waals surface area contributed by atoms with Gasteiger partial charge in [-0.05, 0) is 37.5 Å². The summed E-state index contributed by atoms with van der Waals surface area (Å²) < 4.78 is 0. The zero-order valence-electron chi connectivity index (χ0n) is 10.8. The van der Waals surface area contributed by atoms with Crippen molar-refractivity contribution in [3.63, 3.8) is 0 Å². The quantitative estimate of drug-likeness (QED) is 0.861. The van der Waals surface area contributed by atoms with Crippen molar-refractivity contribution in [1.82, 2.24) is 15.0 Å². The molecule has 0 aliphatic heterocycles. The maximum absolute atomic E-state index is 12.2. The van der Waals surface area contributed by atoms with Gasteiger partial charge in [-0.3, -0.25) is 4.79 Å². The lowest BCUT2D eigenvalue weighted by Crippen LogP contribution is -2.28. The van der Waals surface area contributed by atoms with Gasteiger partial charge in [0.2, 0.25) is 5.91 Å². The van der Waals surface area contributed by atoms with Crippen LogP contribution in [0.4, 0.5) is 5.82 Å². The predicted octanol–water partition coefficient (Wildman–Crippen LogP) is 1.86. The summed E-state index contributed by atoms with van der Waals surface area (Å²) >= 11 is 0. The smallest absolute Gasteiger partial charge is 0.229 e. The molecule has 0 saturated carbocycles. The summed E-state index contributed by atoms with van der Waals surface area (Å²) in [6, 6.07) is 3.79. The van der Waals surface area contributed by atoms with Gasteiger partial charge in [0.1, 0.15) is 5.82 Å². The molecule has 2 N–H and O–H groups in total. The number of imidazole rings is 1. The third-order valence-corrected chi connectivity index (χ3v) is 3.53. The second-order valence-electron chi connectivity index (χ2n) is 4.98. The summed E-state index contributed by atoms with van der Waals surface area (Å²) in [4.78, 5) is 23.7. The third kappa shape index (κ3) is 2.50. The molecule has 5 heteroatoms. The van der Waals surface area contributed by atoms with Crippen LogP contribution in [0.3, 0.4) is 0 Å². The lowest BCUT2D eigenvalue weighted by molar-refractivity contribution is -0.120. The number of nitrogens with zero attached hydrogens (tertiary/aromatic N) is 2. The molecule has 2 aromatic rings. The molecule has 0 saturated heterocycles. The predicted molar refractivity (Wildman–Crippen MR) is 71.7 cm³/mol. The fourth-order valence-corrected chi connectivity index (χ4v) is 2.46. The molecule has 0 radical (unpaired) electrons. The summed E-state index contributed by atoms with van der Waals surface area (Å²) in [5, 5.41) is 2.89. The Balaban J connectivity index is 1.69. The van der Waals surface area contributed by atoms with Gasteiger partial charge in [0, 0.05) is 24.2 Å². The van der Waals surface area contributed by atoms with Crippen molar-refractivity contribution in [1.29, 1.82) is 0 Å². The molecule has 1 atom stereocenters. The number of hydrogen-bond acceptors (Lipinski definition) is 3. The second kappa shape index (κ2) is 4.84. The lowest BCUT2D eigenvalue weighted by Gasteiger charge is -2.20. The number of aromatic nitrogens is 3. The lowest BCUT2D eigenvalue weighted by atomic mass is 9.89. The van der Waals surface area contributed by atoms with Crippen LogP contribution in [-0.4, -0.2) is 20.9 Å². The fraction of sp³-hybridized carbons (Fsp3) is 0.357. The number of nitrogens with one attached hydrogen (secondary N) is 2. The van der Waals surface area contributed by atoms with E-state index in [9.17, 15) is 4.79 Å². The first-order valence-corrected chi connectivity index (χ1v) is 6.47. The third-order valence-electron chi connectivity index (χ3n) is 3.53. The number of anilines is 1. The molecule has 98 valence electrons. The number of rotatable bonds is 2. The highest BCUT2D eigenvalue weighted by Crippen LogP contribution is 2.23. The van der Waals surface area contributed by atoms with Gasteiger partial charge in [0.25, 0.3) is 0 Å². The molecular weight excluding hydrogens is 240 g/mol. The average Bonchev–Trinajstić information content (AvgIpc) is 2.85. The standard InChI is InChI=1S/C14H16N4O/c1-9-4-5-15-13(6-9)18-14(19)10-2-3-11-12(7-10)17-8-16-11/h4-6,8,10H,2-3,7H2,1H3,(H,16,17)(H,15,18,19). The Labute approximate surface area is 111 Å². The zero-order chi connectivity index (χ0) is 13.2. The van der Waals surface area contributed by atoms with Crippen molar-refractivity contribution in [2.45, 2.75) is 26.2 Å². The van der Waals surface area contributed by atoms with Crippen molar-refractivity contribution in [2.24, 2.45) is 5.92 Å². The molecule has 0 spiro atoms. The van der Waals surface area contributed by atoms with E-state index in [1.54, 1.807) is 12.5 Å². The second-order valence-corrected chi connectivity index (χ2v) is 4.98. The Morgan fingerprint density at radius 2 is 2.37 bits per heavy atom. The van der Waals surface area contributed by atoms with Crippen molar-refractivity contribution >= 4 is 11.7 Å².